The maximum absolute atomic E-state index is 13.0. The van der Waals surface area contributed by atoms with Gasteiger partial charge in [-0.3, -0.25) is 9.69 Å². The summed E-state index contributed by atoms with van der Waals surface area (Å²) in [6.07, 6.45) is 0.987. The highest BCUT2D eigenvalue weighted by atomic mass is 32.1. The lowest BCUT2D eigenvalue weighted by Crippen LogP contribution is -2.42. The number of H-pyrrole nitrogens is 1. The highest BCUT2D eigenvalue weighted by Crippen LogP contribution is 2.27. The van der Waals surface area contributed by atoms with Crippen molar-refractivity contribution in [3.63, 3.8) is 0 Å². The number of ether oxygens (including phenoxy) is 1. The van der Waals surface area contributed by atoms with Gasteiger partial charge in [-0.2, -0.15) is 0 Å². The molecule has 1 N–H and O–H groups in total. The first-order chi connectivity index (χ1) is 11.4. The Kier molecular flexibility index (Phi) is 4.60. The first-order valence-corrected chi connectivity index (χ1v) is 8.93. The van der Waals surface area contributed by atoms with Gasteiger partial charge in [0, 0.05) is 23.7 Å². The number of carbonyl (C=O) groups excluding carboxylic acids is 2. The van der Waals surface area contributed by atoms with Gasteiger partial charge in [-0.15, -0.1) is 11.3 Å². The molecule has 1 atom stereocenters. The van der Waals surface area contributed by atoms with E-state index in [2.05, 4.69) is 21.3 Å². The monoisotopic (exact) mass is 346 g/mol. The third-order valence-electron chi connectivity index (χ3n) is 4.84. The number of aryl methyl sites for hydroxylation is 1. The van der Waals surface area contributed by atoms with Gasteiger partial charge in [0.25, 0.3) is 0 Å². The molecule has 2 aromatic heterocycles. The van der Waals surface area contributed by atoms with Gasteiger partial charge in [-0.1, -0.05) is 0 Å². The predicted molar refractivity (Wildman–Crippen MR) is 93.8 cm³/mol. The summed E-state index contributed by atoms with van der Waals surface area (Å²) in [7, 11) is 1.35. The quantitative estimate of drug-likeness (QED) is 0.682. The van der Waals surface area contributed by atoms with E-state index in [1.165, 1.54) is 17.6 Å². The molecule has 1 unspecified atom stereocenters. The minimum Gasteiger partial charge on any atom is -0.465 e. The SMILES string of the molecule is COC(=O)c1c(C)[nH]c(C(=O)C(C)N2CCc3sccc3C2)c1C. The number of rotatable bonds is 4. The number of hydrogen-bond acceptors (Lipinski definition) is 5. The molecule has 0 spiro atoms. The molecule has 0 aromatic carbocycles. The standard InChI is InChI=1S/C18H22N2O3S/c1-10-15(18(22)23-4)11(2)19-16(10)17(21)12(3)20-7-5-14-13(9-20)6-8-24-14/h6,8,12,19H,5,7,9H2,1-4H3. The van der Waals surface area contributed by atoms with E-state index in [0.717, 1.165) is 19.5 Å². The van der Waals surface area contributed by atoms with Crippen molar-refractivity contribution in [1.29, 1.82) is 0 Å². The number of aromatic nitrogens is 1. The summed E-state index contributed by atoms with van der Waals surface area (Å²) in [6.45, 7) is 7.20. The fourth-order valence-corrected chi connectivity index (χ4v) is 4.27. The van der Waals surface area contributed by atoms with Crippen LogP contribution < -0.4 is 0 Å². The van der Waals surface area contributed by atoms with Gasteiger partial charge in [0.15, 0.2) is 5.78 Å². The van der Waals surface area contributed by atoms with Gasteiger partial charge in [0.2, 0.25) is 0 Å². The van der Waals surface area contributed by atoms with E-state index in [9.17, 15) is 9.59 Å². The van der Waals surface area contributed by atoms with Crippen LogP contribution in [0, 0.1) is 13.8 Å². The zero-order valence-corrected chi connectivity index (χ0v) is 15.3. The summed E-state index contributed by atoms with van der Waals surface area (Å²) in [5.74, 6) is -0.390. The summed E-state index contributed by atoms with van der Waals surface area (Å²) in [5.41, 5.74) is 3.64. The Hall–Kier alpha value is -1.92. The van der Waals surface area contributed by atoms with Gasteiger partial charge in [-0.25, -0.2) is 4.79 Å². The van der Waals surface area contributed by atoms with Crippen LogP contribution in [-0.4, -0.2) is 41.3 Å². The van der Waals surface area contributed by atoms with Crippen molar-refractivity contribution in [2.45, 2.75) is 39.8 Å². The lowest BCUT2D eigenvalue weighted by atomic mass is 10.0. The molecule has 0 saturated carbocycles. The molecule has 5 nitrogen and oxygen atoms in total. The number of thiophene rings is 1. The first kappa shape index (κ1) is 16.9. The van der Waals surface area contributed by atoms with Crippen LogP contribution >= 0.6 is 11.3 Å². The Morgan fingerprint density at radius 1 is 1.38 bits per heavy atom. The Labute approximate surface area is 145 Å². The van der Waals surface area contributed by atoms with Crippen molar-refractivity contribution in [2.75, 3.05) is 13.7 Å². The van der Waals surface area contributed by atoms with Crippen molar-refractivity contribution < 1.29 is 14.3 Å². The molecule has 0 fully saturated rings. The van der Waals surface area contributed by atoms with E-state index in [4.69, 9.17) is 4.74 Å². The number of ketones is 1. The second kappa shape index (κ2) is 6.53. The molecule has 0 aliphatic carbocycles. The van der Waals surface area contributed by atoms with Crippen LogP contribution in [0.5, 0.6) is 0 Å². The first-order valence-electron chi connectivity index (χ1n) is 8.05. The van der Waals surface area contributed by atoms with Crippen LogP contribution in [0.3, 0.4) is 0 Å². The summed E-state index contributed by atoms with van der Waals surface area (Å²) in [4.78, 5) is 31.6. The molecule has 0 bridgehead atoms. The molecular weight excluding hydrogens is 324 g/mol. The van der Waals surface area contributed by atoms with Crippen molar-refractivity contribution in [1.82, 2.24) is 9.88 Å². The Bertz CT molecular complexity index is 790. The van der Waals surface area contributed by atoms with Crippen molar-refractivity contribution in [3.8, 4) is 0 Å². The summed E-state index contributed by atoms with van der Waals surface area (Å²) in [5, 5.41) is 2.11. The molecule has 1 aliphatic heterocycles. The number of nitrogens with zero attached hydrogens (tertiary/aromatic N) is 1. The fraction of sp³-hybridized carbons (Fsp3) is 0.444. The number of fused-ring (bicyclic) bond motifs is 1. The van der Waals surface area contributed by atoms with Gasteiger partial charge < -0.3 is 9.72 Å². The largest absolute Gasteiger partial charge is 0.465 e. The van der Waals surface area contributed by atoms with Crippen LogP contribution in [0.2, 0.25) is 0 Å². The van der Waals surface area contributed by atoms with Gasteiger partial charge in [0.1, 0.15) is 0 Å². The average Bonchev–Trinajstić information content (AvgIpc) is 3.16. The van der Waals surface area contributed by atoms with Crippen LogP contribution in [0.25, 0.3) is 0 Å². The Morgan fingerprint density at radius 3 is 2.83 bits per heavy atom. The molecule has 24 heavy (non-hydrogen) atoms. The van der Waals surface area contributed by atoms with E-state index in [-0.39, 0.29) is 11.8 Å². The fourth-order valence-electron chi connectivity index (χ4n) is 3.38. The number of nitrogens with one attached hydrogen (secondary N) is 1. The normalized spacial score (nSPS) is 15.8. The number of methoxy groups -OCH3 is 1. The van der Waals surface area contributed by atoms with Crippen LogP contribution in [-0.2, 0) is 17.7 Å². The molecule has 0 amide bonds. The maximum atomic E-state index is 13.0. The molecule has 2 aromatic rings. The second-order valence-corrected chi connectivity index (χ2v) is 7.25. The molecule has 0 saturated heterocycles. The minimum atomic E-state index is -0.408. The molecule has 6 heteroatoms. The van der Waals surface area contributed by atoms with Crippen molar-refractivity contribution in [3.05, 3.63) is 44.4 Å². The summed E-state index contributed by atoms with van der Waals surface area (Å²) in [6, 6.07) is 1.91. The number of aromatic amines is 1. The average molecular weight is 346 g/mol. The van der Waals surface area contributed by atoms with Crippen LogP contribution in [0.4, 0.5) is 0 Å². The van der Waals surface area contributed by atoms with E-state index in [0.29, 0.717) is 22.5 Å². The van der Waals surface area contributed by atoms with Gasteiger partial charge in [0.05, 0.1) is 24.4 Å². The maximum Gasteiger partial charge on any atom is 0.339 e. The van der Waals surface area contributed by atoms with Gasteiger partial charge in [-0.05, 0) is 49.8 Å². The van der Waals surface area contributed by atoms with Crippen molar-refractivity contribution in [2.24, 2.45) is 0 Å². The third-order valence-corrected chi connectivity index (χ3v) is 5.86. The van der Waals surface area contributed by atoms with E-state index in [1.807, 2.05) is 6.92 Å². The number of carbonyl (C=O) groups is 2. The predicted octanol–water partition coefficient (Wildman–Crippen LogP) is 3.11. The summed E-state index contributed by atoms with van der Waals surface area (Å²) < 4.78 is 4.82. The zero-order valence-electron chi connectivity index (χ0n) is 14.4. The molecule has 3 rings (SSSR count). The Balaban J connectivity index is 1.83. The highest BCUT2D eigenvalue weighted by molar-refractivity contribution is 7.10. The zero-order chi connectivity index (χ0) is 17.4. The molecule has 0 radical (unpaired) electrons. The molecule has 128 valence electrons. The Morgan fingerprint density at radius 2 is 2.12 bits per heavy atom. The smallest absolute Gasteiger partial charge is 0.339 e. The molecule has 1 aliphatic rings. The highest BCUT2D eigenvalue weighted by Gasteiger charge is 2.30. The van der Waals surface area contributed by atoms with E-state index < -0.39 is 5.97 Å². The molecular formula is C18H22N2O3S. The number of hydrogen-bond donors (Lipinski definition) is 1. The lowest BCUT2D eigenvalue weighted by molar-refractivity contribution is 0.0599. The summed E-state index contributed by atoms with van der Waals surface area (Å²) >= 11 is 1.79. The van der Waals surface area contributed by atoms with E-state index >= 15 is 0 Å². The third kappa shape index (κ3) is 2.80. The van der Waals surface area contributed by atoms with Gasteiger partial charge >= 0.3 is 5.97 Å². The van der Waals surface area contributed by atoms with Crippen LogP contribution in [0.1, 0.15) is 49.5 Å². The second-order valence-electron chi connectivity index (χ2n) is 6.25. The number of esters is 1. The topological polar surface area (TPSA) is 62.4 Å². The lowest BCUT2D eigenvalue weighted by Gasteiger charge is -2.31. The van der Waals surface area contributed by atoms with E-state index in [1.54, 1.807) is 25.2 Å². The minimum absolute atomic E-state index is 0.0180. The van der Waals surface area contributed by atoms with Crippen molar-refractivity contribution >= 4 is 23.1 Å². The molecule has 3 heterocycles. The van der Waals surface area contributed by atoms with Crippen LogP contribution in [0.15, 0.2) is 11.4 Å². The number of Topliss-reactive ketones (excluding diaryl/α,β-unsaturated/α-hetero) is 1.